The van der Waals surface area contributed by atoms with Gasteiger partial charge in [-0.05, 0) is 0 Å². The third-order valence-corrected chi connectivity index (χ3v) is 2.08. The van der Waals surface area contributed by atoms with Gasteiger partial charge in [-0.25, -0.2) is 4.79 Å². The van der Waals surface area contributed by atoms with E-state index in [-0.39, 0.29) is 0 Å². The summed E-state index contributed by atoms with van der Waals surface area (Å²) in [4.78, 5) is 12.4. The molecule has 0 saturated carbocycles. The minimum absolute atomic E-state index is 0.444. The molecule has 7 nitrogen and oxygen atoms in total. The van der Waals surface area contributed by atoms with Crippen LogP contribution in [-0.4, -0.2) is 76.9 Å². The Bertz CT molecular complexity index is 170. The van der Waals surface area contributed by atoms with Crippen molar-refractivity contribution in [3.8, 4) is 0 Å². The first-order chi connectivity index (χ1) is 7.15. The second-order valence-electron chi connectivity index (χ2n) is 3.00. The second kappa shape index (κ2) is 7.41. The lowest BCUT2D eigenvalue weighted by atomic mass is 10.2. The highest BCUT2D eigenvalue weighted by molar-refractivity contribution is 5.74. The van der Waals surface area contributed by atoms with Gasteiger partial charge in [0, 0.05) is 7.05 Å². The Hall–Kier alpha value is -0.890. The number of carbonyl (C=O) groups is 1. The molecule has 0 aliphatic carbocycles. The SMILES string of the molecule is CNC(=O)N(C(CO)CO)C(CO)CO. The third-order valence-electron chi connectivity index (χ3n) is 2.08. The van der Waals surface area contributed by atoms with Gasteiger partial charge >= 0.3 is 6.03 Å². The van der Waals surface area contributed by atoms with Gasteiger partial charge in [0.25, 0.3) is 0 Å². The highest BCUT2D eigenvalue weighted by Crippen LogP contribution is 2.06. The van der Waals surface area contributed by atoms with Crippen LogP contribution in [-0.2, 0) is 0 Å². The Kier molecular flexibility index (Phi) is 6.97. The lowest BCUT2D eigenvalue weighted by Gasteiger charge is -2.34. The van der Waals surface area contributed by atoms with E-state index in [9.17, 15) is 4.79 Å². The van der Waals surface area contributed by atoms with Crippen LogP contribution in [0.25, 0.3) is 0 Å². The average Bonchev–Trinajstić information content (AvgIpc) is 2.28. The lowest BCUT2D eigenvalue weighted by Crippen LogP contribution is -2.56. The fraction of sp³-hybridized carbons (Fsp3) is 0.875. The molecule has 0 aromatic carbocycles. The van der Waals surface area contributed by atoms with Crippen LogP contribution in [0.1, 0.15) is 0 Å². The van der Waals surface area contributed by atoms with E-state index in [2.05, 4.69) is 5.32 Å². The van der Waals surface area contributed by atoms with Crippen molar-refractivity contribution in [2.24, 2.45) is 0 Å². The van der Waals surface area contributed by atoms with Gasteiger partial charge in [-0.1, -0.05) is 0 Å². The normalized spacial score (nSPS) is 10.9. The number of rotatable bonds is 6. The monoisotopic (exact) mass is 222 g/mol. The Labute approximate surface area is 87.9 Å². The minimum atomic E-state index is -0.839. The van der Waals surface area contributed by atoms with E-state index in [1.165, 1.54) is 7.05 Å². The zero-order chi connectivity index (χ0) is 11.8. The Balaban J connectivity index is 4.75. The number of aliphatic hydroxyl groups is 4. The van der Waals surface area contributed by atoms with Crippen LogP contribution in [0.3, 0.4) is 0 Å². The van der Waals surface area contributed by atoms with Gasteiger partial charge in [0.1, 0.15) is 0 Å². The molecule has 7 heteroatoms. The van der Waals surface area contributed by atoms with Crippen molar-refractivity contribution in [2.75, 3.05) is 33.5 Å². The maximum atomic E-state index is 11.4. The maximum Gasteiger partial charge on any atom is 0.317 e. The molecule has 0 rings (SSSR count). The number of hydrogen-bond acceptors (Lipinski definition) is 5. The van der Waals surface area contributed by atoms with Crippen LogP contribution in [0.4, 0.5) is 4.79 Å². The maximum absolute atomic E-state index is 11.4. The number of urea groups is 1. The number of nitrogens with one attached hydrogen (secondary N) is 1. The number of hydrogen-bond donors (Lipinski definition) is 5. The fourth-order valence-corrected chi connectivity index (χ4v) is 1.23. The van der Waals surface area contributed by atoms with Crippen LogP contribution in [0.15, 0.2) is 0 Å². The molecule has 0 aromatic heterocycles. The van der Waals surface area contributed by atoms with Crippen molar-refractivity contribution in [1.82, 2.24) is 10.2 Å². The van der Waals surface area contributed by atoms with Crippen molar-refractivity contribution in [1.29, 1.82) is 0 Å². The molecule has 0 fully saturated rings. The molecule has 0 saturated heterocycles. The van der Waals surface area contributed by atoms with Gasteiger partial charge in [-0.3, -0.25) is 0 Å². The number of aliphatic hydroxyl groups excluding tert-OH is 4. The summed E-state index contributed by atoms with van der Waals surface area (Å²) in [5, 5.41) is 38.0. The quantitative estimate of drug-likeness (QED) is 0.336. The van der Waals surface area contributed by atoms with Gasteiger partial charge in [0.05, 0.1) is 38.5 Å². The number of amides is 2. The summed E-state index contributed by atoms with van der Waals surface area (Å²) in [6.45, 7) is -1.78. The third kappa shape index (κ3) is 3.63. The first-order valence-corrected chi connectivity index (χ1v) is 4.59. The van der Waals surface area contributed by atoms with E-state index >= 15 is 0 Å². The number of carbonyl (C=O) groups excluding carboxylic acids is 1. The predicted octanol–water partition coefficient (Wildman–Crippen LogP) is -2.67. The largest absolute Gasteiger partial charge is 0.394 e. The molecule has 0 aromatic rings. The molecule has 5 N–H and O–H groups in total. The Morgan fingerprint density at radius 1 is 1.07 bits per heavy atom. The Morgan fingerprint density at radius 3 is 1.60 bits per heavy atom. The van der Waals surface area contributed by atoms with E-state index in [4.69, 9.17) is 20.4 Å². The van der Waals surface area contributed by atoms with E-state index in [0.717, 1.165) is 4.90 Å². The molecule has 0 unspecified atom stereocenters. The minimum Gasteiger partial charge on any atom is -0.394 e. The van der Waals surface area contributed by atoms with Crippen LogP contribution in [0, 0.1) is 0 Å². The molecule has 0 bridgehead atoms. The highest BCUT2D eigenvalue weighted by Gasteiger charge is 2.28. The van der Waals surface area contributed by atoms with Crippen molar-refractivity contribution < 1.29 is 25.2 Å². The molecule has 15 heavy (non-hydrogen) atoms. The van der Waals surface area contributed by atoms with Gasteiger partial charge in [-0.2, -0.15) is 0 Å². The van der Waals surface area contributed by atoms with Crippen LogP contribution >= 0.6 is 0 Å². The van der Waals surface area contributed by atoms with Crippen molar-refractivity contribution in [2.45, 2.75) is 12.1 Å². The summed E-state index contributed by atoms with van der Waals surface area (Å²) in [5.74, 6) is 0. The molecule has 2 amide bonds. The van der Waals surface area contributed by atoms with Crippen LogP contribution in [0.2, 0.25) is 0 Å². The summed E-state index contributed by atoms with van der Waals surface area (Å²) < 4.78 is 0. The first-order valence-electron chi connectivity index (χ1n) is 4.59. The molecular formula is C8H18N2O5. The second-order valence-corrected chi connectivity index (χ2v) is 3.00. The van der Waals surface area contributed by atoms with Gasteiger partial charge in [0.15, 0.2) is 0 Å². The molecule has 0 heterocycles. The highest BCUT2D eigenvalue weighted by atomic mass is 16.3. The van der Waals surface area contributed by atoms with Crippen LogP contribution < -0.4 is 5.32 Å². The van der Waals surface area contributed by atoms with Crippen molar-refractivity contribution in [3.05, 3.63) is 0 Å². The standard InChI is InChI=1S/C8H18N2O5/c1-9-8(15)10(6(2-11)3-12)7(4-13)5-14/h6-7,11-14H,2-5H2,1H3,(H,9,15). The van der Waals surface area contributed by atoms with Crippen LogP contribution in [0.5, 0.6) is 0 Å². The molecule has 0 aliphatic rings. The Morgan fingerprint density at radius 2 is 1.40 bits per heavy atom. The van der Waals surface area contributed by atoms with Crippen molar-refractivity contribution in [3.63, 3.8) is 0 Å². The smallest absolute Gasteiger partial charge is 0.317 e. The zero-order valence-electron chi connectivity index (χ0n) is 8.63. The molecule has 0 radical (unpaired) electrons. The summed E-state index contributed by atoms with van der Waals surface area (Å²) in [6, 6.07) is -2.25. The van der Waals surface area contributed by atoms with E-state index in [1.807, 2.05) is 0 Å². The zero-order valence-corrected chi connectivity index (χ0v) is 8.63. The summed E-state index contributed by atoms with van der Waals surface area (Å²) in [7, 11) is 1.38. The van der Waals surface area contributed by atoms with Crippen molar-refractivity contribution >= 4 is 6.03 Å². The molecule has 0 aliphatic heterocycles. The summed E-state index contributed by atoms with van der Waals surface area (Å²) in [6.07, 6.45) is 0. The van der Waals surface area contributed by atoms with E-state index in [1.54, 1.807) is 0 Å². The topological polar surface area (TPSA) is 113 Å². The van der Waals surface area contributed by atoms with Gasteiger partial charge < -0.3 is 30.6 Å². The molecule has 0 atom stereocenters. The molecule has 0 spiro atoms. The lowest BCUT2D eigenvalue weighted by molar-refractivity contribution is 0.0270. The number of nitrogens with zero attached hydrogens (tertiary/aromatic N) is 1. The molecule has 90 valence electrons. The average molecular weight is 222 g/mol. The fourth-order valence-electron chi connectivity index (χ4n) is 1.23. The van der Waals surface area contributed by atoms with E-state index < -0.39 is 44.5 Å². The van der Waals surface area contributed by atoms with E-state index in [0.29, 0.717) is 0 Å². The van der Waals surface area contributed by atoms with Gasteiger partial charge in [-0.15, -0.1) is 0 Å². The first kappa shape index (κ1) is 14.1. The molecular weight excluding hydrogens is 204 g/mol. The predicted molar refractivity (Wildman–Crippen MR) is 52.2 cm³/mol. The summed E-state index contributed by atoms with van der Waals surface area (Å²) in [5.41, 5.74) is 0. The van der Waals surface area contributed by atoms with Gasteiger partial charge in [0.2, 0.25) is 0 Å². The summed E-state index contributed by atoms with van der Waals surface area (Å²) >= 11 is 0.